The van der Waals surface area contributed by atoms with Gasteiger partial charge in [0.15, 0.2) is 6.61 Å². The third kappa shape index (κ3) is 3.95. The largest absolute Gasteiger partial charge is 0.482 e. The molecule has 1 N–H and O–H groups in total. The maximum Gasteiger partial charge on any atom is 0.277 e. The molecule has 0 atom stereocenters. The van der Waals surface area contributed by atoms with Crippen LogP contribution in [0.15, 0.2) is 29.4 Å². The number of amides is 1. The summed E-state index contributed by atoms with van der Waals surface area (Å²) in [7, 11) is 1.85. The average molecular weight is 311 g/mol. The zero-order chi connectivity index (χ0) is 16.8. The SMILES string of the molecule is Cc1nn(C)c(C)c1/C=N\NC(=O)COc1ccccc1C#N. The Hall–Kier alpha value is -3.14. The molecule has 23 heavy (non-hydrogen) atoms. The highest BCUT2D eigenvalue weighted by Gasteiger charge is 2.08. The van der Waals surface area contributed by atoms with Crippen molar-refractivity contribution in [1.82, 2.24) is 15.2 Å². The van der Waals surface area contributed by atoms with Gasteiger partial charge in [-0.1, -0.05) is 12.1 Å². The van der Waals surface area contributed by atoms with Crippen LogP contribution in [0.1, 0.15) is 22.5 Å². The maximum absolute atomic E-state index is 11.7. The predicted octanol–water partition coefficient (Wildman–Crippen LogP) is 1.44. The molecule has 0 aliphatic heterocycles. The van der Waals surface area contributed by atoms with Gasteiger partial charge in [-0.3, -0.25) is 9.48 Å². The Balaban J connectivity index is 1.91. The molecule has 1 aromatic heterocycles. The summed E-state index contributed by atoms with van der Waals surface area (Å²) < 4.78 is 7.07. The number of ether oxygens (including phenoxy) is 1. The van der Waals surface area contributed by atoms with E-state index in [2.05, 4.69) is 15.6 Å². The molecule has 0 saturated heterocycles. The molecule has 0 aliphatic rings. The topological polar surface area (TPSA) is 92.3 Å². The van der Waals surface area contributed by atoms with Gasteiger partial charge in [0, 0.05) is 18.3 Å². The summed E-state index contributed by atoms with van der Waals surface area (Å²) in [6, 6.07) is 8.73. The number of benzene rings is 1. The van der Waals surface area contributed by atoms with E-state index in [0.29, 0.717) is 11.3 Å². The molecule has 0 radical (unpaired) electrons. The Bertz CT molecular complexity index is 786. The maximum atomic E-state index is 11.7. The van der Waals surface area contributed by atoms with Crippen molar-refractivity contribution in [3.63, 3.8) is 0 Å². The minimum atomic E-state index is -0.409. The van der Waals surface area contributed by atoms with Crippen LogP contribution in [0, 0.1) is 25.2 Å². The lowest BCUT2D eigenvalue weighted by atomic mass is 10.2. The molecule has 2 aromatic rings. The molecule has 0 aliphatic carbocycles. The smallest absolute Gasteiger partial charge is 0.277 e. The molecule has 0 saturated carbocycles. The second kappa shape index (κ2) is 7.22. The summed E-state index contributed by atoms with van der Waals surface area (Å²) in [6.07, 6.45) is 1.55. The van der Waals surface area contributed by atoms with Gasteiger partial charge in [-0.2, -0.15) is 15.5 Å². The fraction of sp³-hybridized carbons (Fsp3) is 0.250. The zero-order valence-corrected chi connectivity index (χ0v) is 13.2. The van der Waals surface area contributed by atoms with Crippen molar-refractivity contribution >= 4 is 12.1 Å². The Morgan fingerprint density at radius 3 is 2.87 bits per heavy atom. The van der Waals surface area contributed by atoms with E-state index in [1.54, 1.807) is 35.2 Å². The van der Waals surface area contributed by atoms with Gasteiger partial charge < -0.3 is 4.74 Å². The number of nitrogens with one attached hydrogen (secondary N) is 1. The van der Waals surface area contributed by atoms with Gasteiger partial charge in [-0.05, 0) is 26.0 Å². The number of para-hydroxylation sites is 1. The highest BCUT2D eigenvalue weighted by atomic mass is 16.5. The van der Waals surface area contributed by atoms with Crippen molar-refractivity contribution in [1.29, 1.82) is 5.26 Å². The van der Waals surface area contributed by atoms with Crippen molar-refractivity contribution in [3.05, 3.63) is 46.8 Å². The molecule has 7 nitrogen and oxygen atoms in total. The van der Waals surface area contributed by atoms with Gasteiger partial charge in [-0.15, -0.1) is 0 Å². The van der Waals surface area contributed by atoms with Gasteiger partial charge in [0.25, 0.3) is 5.91 Å². The van der Waals surface area contributed by atoms with E-state index in [-0.39, 0.29) is 6.61 Å². The molecule has 1 heterocycles. The van der Waals surface area contributed by atoms with E-state index < -0.39 is 5.91 Å². The zero-order valence-electron chi connectivity index (χ0n) is 13.2. The van der Waals surface area contributed by atoms with E-state index in [1.807, 2.05) is 27.0 Å². The fourth-order valence-electron chi connectivity index (χ4n) is 2.01. The van der Waals surface area contributed by atoms with Crippen molar-refractivity contribution < 1.29 is 9.53 Å². The summed E-state index contributed by atoms with van der Waals surface area (Å²) in [4.78, 5) is 11.7. The Morgan fingerprint density at radius 2 is 2.22 bits per heavy atom. The second-order valence-corrected chi connectivity index (χ2v) is 4.90. The molecular formula is C16H17N5O2. The van der Waals surface area contributed by atoms with Gasteiger partial charge in [-0.25, -0.2) is 5.43 Å². The van der Waals surface area contributed by atoms with Crippen molar-refractivity contribution in [2.24, 2.45) is 12.1 Å². The Kier molecular flexibility index (Phi) is 5.10. The van der Waals surface area contributed by atoms with Crippen LogP contribution >= 0.6 is 0 Å². The summed E-state index contributed by atoms with van der Waals surface area (Å²) in [5.74, 6) is -0.0405. The average Bonchev–Trinajstić information content (AvgIpc) is 2.79. The molecule has 1 amide bonds. The number of nitriles is 1. The third-order valence-electron chi connectivity index (χ3n) is 3.31. The minimum absolute atomic E-state index is 0.221. The van der Waals surface area contributed by atoms with Gasteiger partial charge in [0.2, 0.25) is 0 Å². The molecule has 0 unspecified atom stereocenters. The van der Waals surface area contributed by atoms with Gasteiger partial charge in [0.1, 0.15) is 11.8 Å². The number of hydrogen-bond acceptors (Lipinski definition) is 5. The molecular weight excluding hydrogens is 294 g/mol. The Labute approximate surface area is 134 Å². The monoisotopic (exact) mass is 311 g/mol. The molecule has 0 spiro atoms. The number of hydrogen-bond donors (Lipinski definition) is 1. The van der Waals surface area contributed by atoms with E-state index >= 15 is 0 Å². The standard InChI is InChI=1S/C16H17N5O2/c1-11-14(12(2)21(3)20-11)9-18-19-16(22)10-23-15-7-5-4-6-13(15)8-17/h4-7,9H,10H2,1-3H3,(H,19,22)/b18-9-. The van der Waals surface area contributed by atoms with E-state index in [9.17, 15) is 4.79 Å². The minimum Gasteiger partial charge on any atom is -0.482 e. The highest BCUT2D eigenvalue weighted by Crippen LogP contribution is 2.16. The third-order valence-corrected chi connectivity index (χ3v) is 3.31. The van der Waals surface area contributed by atoms with Gasteiger partial charge >= 0.3 is 0 Å². The summed E-state index contributed by atoms with van der Waals surface area (Å²) in [5.41, 5.74) is 5.43. The normalized spacial score (nSPS) is 10.5. The molecule has 118 valence electrons. The van der Waals surface area contributed by atoms with Crippen molar-refractivity contribution in [2.75, 3.05) is 6.61 Å². The van der Waals surface area contributed by atoms with Crippen LogP contribution in [-0.4, -0.2) is 28.5 Å². The highest BCUT2D eigenvalue weighted by molar-refractivity contribution is 5.84. The number of carbonyl (C=O) groups is 1. The number of nitrogens with zero attached hydrogens (tertiary/aromatic N) is 4. The molecule has 1 aromatic carbocycles. The molecule has 0 bridgehead atoms. The van der Waals surface area contributed by atoms with Crippen LogP contribution in [0.4, 0.5) is 0 Å². The quantitative estimate of drug-likeness (QED) is 0.668. The van der Waals surface area contributed by atoms with Crippen LogP contribution in [0.2, 0.25) is 0 Å². The second-order valence-electron chi connectivity index (χ2n) is 4.90. The van der Waals surface area contributed by atoms with E-state index in [4.69, 9.17) is 10.00 Å². The van der Waals surface area contributed by atoms with Gasteiger partial charge in [0.05, 0.1) is 17.5 Å². The van der Waals surface area contributed by atoms with Crippen LogP contribution in [0.5, 0.6) is 5.75 Å². The first-order valence-electron chi connectivity index (χ1n) is 6.97. The summed E-state index contributed by atoms with van der Waals surface area (Å²) in [6.45, 7) is 3.57. The lowest BCUT2D eigenvalue weighted by molar-refractivity contribution is -0.123. The number of aryl methyl sites for hydroxylation is 2. The number of aromatic nitrogens is 2. The van der Waals surface area contributed by atoms with E-state index in [1.165, 1.54) is 0 Å². The fourth-order valence-corrected chi connectivity index (χ4v) is 2.01. The van der Waals surface area contributed by atoms with Crippen molar-refractivity contribution in [2.45, 2.75) is 13.8 Å². The van der Waals surface area contributed by atoms with Crippen LogP contribution in [-0.2, 0) is 11.8 Å². The first-order valence-corrected chi connectivity index (χ1v) is 6.97. The molecule has 0 fully saturated rings. The lowest BCUT2D eigenvalue weighted by Crippen LogP contribution is -2.24. The predicted molar refractivity (Wildman–Crippen MR) is 85.1 cm³/mol. The number of rotatable bonds is 5. The van der Waals surface area contributed by atoms with Crippen LogP contribution < -0.4 is 10.2 Å². The van der Waals surface area contributed by atoms with Crippen LogP contribution in [0.25, 0.3) is 0 Å². The summed E-state index contributed by atoms with van der Waals surface area (Å²) >= 11 is 0. The first kappa shape index (κ1) is 16.2. The first-order chi connectivity index (χ1) is 11.0. The van der Waals surface area contributed by atoms with Crippen molar-refractivity contribution in [3.8, 4) is 11.8 Å². The molecule has 2 rings (SSSR count). The lowest BCUT2D eigenvalue weighted by Gasteiger charge is -2.06. The van der Waals surface area contributed by atoms with Crippen LogP contribution in [0.3, 0.4) is 0 Å². The summed E-state index contributed by atoms with van der Waals surface area (Å²) in [5, 5.41) is 17.1. The Morgan fingerprint density at radius 1 is 1.48 bits per heavy atom. The van der Waals surface area contributed by atoms with E-state index in [0.717, 1.165) is 17.0 Å². The number of hydrazone groups is 1. The number of carbonyl (C=O) groups excluding carboxylic acids is 1. The molecule has 7 heteroatoms.